The fraction of sp³-hybridized carbons (Fsp3) is 0.438. The fourth-order valence-corrected chi connectivity index (χ4v) is 3.11. The Morgan fingerprint density at radius 1 is 1.07 bits per heavy atom. The Labute approximate surface area is 165 Å². The number of nitrogens with zero attached hydrogens (tertiary/aromatic N) is 5. The van der Waals surface area contributed by atoms with Gasteiger partial charge in [0.05, 0.1) is 10.6 Å². The third-order valence-corrected chi connectivity index (χ3v) is 4.59. The summed E-state index contributed by atoms with van der Waals surface area (Å²) in [6.07, 6.45) is -7.38. The molecule has 2 aromatic heterocycles. The third kappa shape index (κ3) is 4.92. The standard InChI is InChI=1S/C16H14ClF6N5O/c17-11-7-10(15(18,19)20)8-24-14(11)27-5-3-26(4-6-27)13(29)9-28-2-1-12(25-28)16(21,22)23/h1-2,7-8H,3-6,9H2. The maximum absolute atomic E-state index is 12.7. The molecule has 0 radical (unpaired) electrons. The SMILES string of the molecule is O=C(Cn1ccc(C(F)(F)F)n1)N1CCN(c2ncc(C(F)(F)F)cc2Cl)CC1. The molecule has 3 rings (SSSR count). The van der Waals surface area contributed by atoms with Crippen LogP contribution in [0.2, 0.25) is 5.02 Å². The molecule has 13 heteroatoms. The molecule has 0 N–H and O–H groups in total. The Morgan fingerprint density at radius 3 is 2.24 bits per heavy atom. The van der Waals surface area contributed by atoms with Gasteiger partial charge in [0.2, 0.25) is 5.91 Å². The summed E-state index contributed by atoms with van der Waals surface area (Å²) in [5, 5.41) is 3.18. The minimum Gasteiger partial charge on any atom is -0.352 e. The van der Waals surface area contributed by atoms with E-state index in [4.69, 9.17) is 11.6 Å². The van der Waals surface area contributed by atoms with Crippen LogP contribution in [0.4, 0.5) is 32.2 Å². The van der Waals surface area contributed by atoms with Gasteiger partial charge in [-0.1, -0.05) is 11.6 Å². The van der Waals surface area contributed by atoms with E-state index in [9.17, 15) is 31.1 Å². The first-order valence-corrected chi connectivity index (χ1v) is 8.69. The summed E-state index contributed by atoms with van der Waals surface area (Å²) in [5.74, 6) is -0.249. The molecule has 0 unspecified atom stereocenters. The maximum atomic E-state index is 12.7. The quantitative estimate of drug-likeness (QED) is 0.686. The van der Waals surface area contributed by atoms with Crippen LogP contribution in [0.25, 0.3) is 0 Å². The summed E-state index contributed by atoms with van der Waals surface area (Å²) < 4.78 is 76.7. The summed E-state index contributed by atoms with van der Waals surface area (Å²) in [6.45, 7) is 0.597. The van der Waals surface area contributed by atoms with E-state index >= 15 is 0 Å². The molecular formula is C16H14ClF6N5O. The first-order valence-electron chi connectivity index (χ1n) is 8.31. The molecule has 29 heavy (non-hydrogen) atoms. The van der Waals surface area contributed by atoms with Gasteiger partial charge in [0, 0.05) is 38.6 Å². The smallest absolute Gasteiger partial charge is 0.352 e. The van der Waals surface area contributed by atoms with Gasteiger partial charge in [0.15, 0.2) is 5.69 Å². The molecule has 6 nitrogen and oxygen atoms in total. The Morgan fingerprint density at radius 2 is 1.72 bits per heavy atom. The molecule has 158 valence electrons. The number of carbonyl (C=O) groups is 1. The highest BCUT2D eigenvalue weighted by atomic mass is 35.5. The largest absolute Gasteiger partial charge is 0.435 e. The molecule has 1 aliphatic heterocycles. The molecule has 0 saturated carbocycles. The number of halogens is 7. The van der Waals surface area contributed by atoms with E-state index in [2.05, 4.69) is 10.1 Å². The topological polar surface area (TPSA) is 54.3 Å². The van der Waals surface area contributed by atoms with Gasteiger partial charge in [-0.25, -0.2) is 4.98 Å². The van der Waals surface area contributed by atoms with E-state index in [-0.39, 0.29) is 43.6 Å². The van der Waals surface area contributed by atoms with Crippen molar-refractivity contribution in [1.29, 1.82) is 0 Å². The number of amides is 1. The van der Waals surface area contributed by atoms with Gasteiger partial charge in [-0.2, -0.15) is 31.4 Å². The lowest BCUT2D eigenvalue weighted by atomic mass is 10.2. The van der Waals surface area contributed by atoms with Crippen molar-refractivity contribution in [3.8, 4) is 0 Å². The highest BCUT2D eigenvalue weighted by Crippen LogP contribution is 2.33. The van der Waals surface area contributed by atoms with Crippen molar-refractivity contribution in [1.82, 2.24) is 19.7 Å². The van der Waals surface area contributed by atoms with Crippen molar-refractivity contribution >= 4 is 23.3 Å². The van der Waals surface area contributed by atoms with Crippen molar-refractivity contribution in [3.05, 3.63) is 40.8 Å². The predicted molar refractivity (Wildman–Crippen MR) is 90.3 cm³/mol. The number of piperazine rings is 1. The maximum Gasteiger partial charge on any atom is 0.435 e. The second-order valence-corrected chi connectivity index (χ2v) is 6.70. The van der Waals surface area contributed by atoms with Crippen molar-refractivity contribution in [2.24, 2.45) is 0 Å². The number of hydrogen-bond donors (Lipinski definition) is 0. The molecule has 1 fully saturated rings. The van der Waals surface area contributed by atoms with Crippen molar-refractivity contribution in [2.45, 2.75) is 18.9 Å². The Balaban J connectivity index is 1.59. The Hall–Kier alpha value is -2.50. The molecule has 3 heterocycles. The zero-order valence-corrected chi connectivity index (χ0v) is 15.4. The summed E-state index contributed by atoms with van der Waals surface area (Å²) >= 11 is 5.93. The van der Waals surface area contributed by atoms with Crippen LogP contribution in [0.1, 0.15) is 11.3 Å². The molecule has 0 spiro atoms. The molecule has 0 aromatic carbocycles. The number of pyridine rings is 1. The molecule has 1 aliphatic rings. The van der Waals surface area contributed by atoms with Crippen LogP contribution in [-0.4, -0.2) is 51.8 Å². The lowest BCUT2D eigenvalue weighted by molar-refractivity contribution is -0.142. The first kappa shape index (κ1) is 21.2. The molecule has 0 bridgehead atoms. The molecule has 1 saturated heterocycles. The van der Waals surface area contributed by atoms with Crippen LogP contribution in [-0.2, 0) is 23.7 Å². The van der Waals surface area contributed by atoms with E-state index in [1.54, 1.807) is 4.90 Å². The third-order valence-electron chi connectivity index (χ3n) is 4.31. The van der Waals surface area contributed by atoms with Gasteiger partial charge in [-0.05, 0) is 12.1 Å². The Kier molecular flexibility index (Phi) is 5.65. The Bertz CT molecular complexity index is 889. The lowest BCUT2D eigenvalue weighted by Crippen LogP contribution is -2.50. The predicted octanol–water partition coefficient (Wildman–Crippen LogP) is 3.32. The van der Waals surface area contributed by atoms with Gasteiger partial charge in [-0.3, -0.25) is 9.48 Å². The van der Waals surface area contributed by atoms with Crippen LogP contribution in [0.3, 0.4) is 0 Å². The van der Waals surface area contributed by atoms with Crippen LogP contribution in [0.15, 0.2) is 24.5 Å². The molecule has 1 amide bonds. The average molecular weight is 442 g/mol. The molecule has 0 atom stereocenters. The summed E-state index contributed by atoms with van der Waals surface area (Å²) in [4.78, 5) is 19.1. The van der Waals surface area contributed by atoms with Crippen LogP contribution >= 0.6 is 11.6 Å². The zero-order valence-electron chi connectivity index (χ0n) is 14.6. The summed E-state index contributed by atoms with van der Waals surface area (Å²) in [7, 11) is 0. The number of carbonyl (C=O) groups excluding carboxylic acids is 1. The highest BCUT2D eigenvalue weighted by molar-refractivity contribution is 6.33. The zero-order chi connectivity index (χ0) is 21.4. The van der Waals surface area contributed by atoms with Gasteiger partial charge in [0.1, 0.15) is 12.4 Å². The van der Waals surface area contributed by atoms with Crippen LogP contribution in [0, 0.1) is 0 Å². The van der Waals surface area contributed by atoms with Gasteiger partial charge < -0.3 is 9.80 Å². The highest BCUT2D eigenvalue weighted by Gasteiger charge is 2.34. The van der Waals surface area contributed by atoms with Crippen molar-refractivity contribution in [2.75, 3.05) is 31.1 Å². The molecule has 0 aliphatic carbocycles. The fourth-order valence-electron chi connectivity index (χ4n) is 2.83. The summed E-state index contributed by atoms with van der Waals surface area (Å²) in [6, 6.07) is 1.57. The second-order valence-electron chi connectivity index (χ2n) is 6.29. The van der Waals surface area contributed by atoms with Gasteiger partial charge in [0.25, 0.3) is 0 Å². The van der Waals surface area contributed by atoms with Crippen molar-refractivity contribution in [3.63, 3.8) is 0 Å². The van der Waals surface area contributed by atoms with E-state index in [1.165, 1.54) is 4.90 Å². The van der Waals surface area contributed by atoms with E-state index in [1.807, 2.05) is 0 Å². The van der Waals surface area contributed by atoms with E-state index in [0.29, 0.717) is 6.20 Å². The number of anilines is 1. The lowest BCUT2D eigenvalue weighted by Gasteiger charge is -2.35. The van der Waals surface area contributed by atoms with Crippen LogP contribution < -0.4 is 4.90 Å². The number of hydrogen-bond acceptors (Lipinski definition) is 4. The molecule has 2 aromatic rings. The average Bonchev–Trinajstić information content (AvgIpc) is 3.10. The number of alkyl halides is 6. The van der Waals surface area contributed by atoms with Crippen LogP contribution in [0.5, 0.6) is 0 Å². The van der Waals surface area contributed by atoms with Gasteiger partial charge >= 0.3 is 12.4 Å². The van der Waals surface area contributed by atoms with Crippen molar-refractivity contribution < 1.29 is 31.1 Å². The minimum absolute atomic E-state index is 0.157. The monoisotopic (exact) mass is 441 g/mol. The minimum atomic E-state index is -4.59. The van der Waals surface area contributed by atoms with Gasteiger partial charge in [-0.15, -0.1) is 0 Å². The number of rotatable bonds is 3. The summed E-state index contributed by atoms with van der Waals surface area (Å²) in [5.41, 5.74) is -2.05. The molecular weight excluding hydrogens is 428 g/mol. The second kappa shape index (κ2) is 7.73. The normalized spacial score (nSPS) is 15.7. The number of aromatic nitrogens is 3. The van der Waals surface area contributed by atoms with E-state index in [0.717, 1.165) is 23.0 Å². The van der Waals surface area contributed by atoms with E-state index < -0.39 is 29.5 Å². The first-order chi connectivity index (χ1) is 13.4.